The van der Waals surface area contributed by atoms with Gasteiger partial charge in [-0.05, 0) is 30.2 Å². The Morgan fingerprint density at radius 1 is 1.59 bits per heavy atom. The number of methoxy groups -OCH3 is 1. The summed E-state index contributed by atoms with van der Waals surface area (Å²) in [5.74, 6) is 0.483. The van der Waals surface area contributed by atoms with Gasteiger partial charge in [0.05, 0.1) is 7.11 Å². The van der Waals surface area contributed by atoms with Gasteiger partial charge in [-0.1, -0.05) is 11.2 Å². The normalized spacial score (nSPS) is 9.24. The number of hydrogen-bond donors (Lipinski definition) is 1. The summed E-state index contributed by atoms with van der Waals surface area (Å²) in [6, 6.07) is 6.92. The van der Waals surface area contributed by atoms with Crippen molar-refractivity contribution in [1.82, 2.24) is 5.32 Å². The molecule has 1 aromatic rings. The summed E-state index contributed by atoms with van der Waals surface area (Å²) in [4.78, 5) is 14.3. The van der Waals surface area contributed by atoms with Gasteiger partial charge in [-0.15, -0.1) is 0 Å². The van der Waals surface area contributed by atoms with Crippen molar-refractivity contribution in [3.63, 3.8) is 0 Å². The molecular weight excluding hydrogens is 220 g/mol. The quantitative estimate of drug-likeness (QED) is 0.353. The lowest BCUT2D eigenvalue weighted by atomic mass is 10.2. The number of carbonyl (C=O) groups excluding carboxylic acids is 1. The van der Waals surface area contributed by atoms with E-state index in [1.807, 2.05) is 0 Å². The third-order valence-electron chi connectivity index (χ3n) is 2.12. The molecule has 0 unspecified atom stereocenters. The topological polar surface area (TPSA) is 87.1 Å². The molecule has 6 nitrogen and oxygen atoms in total. The fourth-order valence-corrected chi connectivity index (χ4v) is 1.26. The van der Waals surface area contributed by atoms with Crippen LogP contribution in [0.2, 0.25) is 0 Å². The maximum Gasteiger partial charge on any atom is 0.251 e. The molecule has 0 aromatic heterocycles. The first-order chi connectivity index (χ1) is 8.27. The van der Waals surface area contributed by atoms with Crippen molar-refractivity contribution in [2.45, 2.75) is 6.42 Å². The van der Waals surface area contributed by atoms with Crippen molar-refractivity contribution in [2.75, 3.05) is 20.2 Å². The highest BCUT2D eigenvalue weighted by Crippen LogP contribution is 2.12. The second-order valence-electron chi connectivity index (χ2n) is 3.30. The Bertz CT molecular complexity index is 427. The number of ether oxygens (including phenoxy) is 1. The van der Waals surface area contributed by atoms with Crippen LogP contribution >= 0.6 is 0 Å². The van der Waals surface area contributed by atoms with Gasteiger partial charge in [0.15, 0.2) is 0 Å². The zero-order valence-corrected chi connectivity index (χ0v) is 9.59. The first-order valence-corrected chi connectivity index (χ1v) is 5.21. The van der Waals surface area contributed by atoms with Crippen molar-refractivity contribution in [1.29, 1.82) is 0 Å². The van der Waals surface area contributed by atoms with Crippen LogP contribution < -0.4 is 10.1 Å². The number of nitrogens with zero attached hydrogens (tertiary/aromatic N) is 3. The standard InChI is InChI=1S/C11H14N4O2/c1-17-10-5-2-4-9(8-10)11(16)13-6-3-7-14-15-12/h2,4-5,8H,3,6-7H2,1H3,(H,13,16). The van der Waals surface area contributed by atoms with Gasteiger partial charge in [-0.25, -0.2) is 0 Å². The Kier molecular flexibility index (Phi) is 5.40. The zero-order chi connectivity index (χ0) is 12.5. The maximum absolute atomic E-state index is 11.7. The van der Waals surface area contributed by atoms with Gasteiger partial charge in [0.25, 0.3) is 5.91 Å². The third-order valence-corrected chi connectivity index (χ3v) is 2.12. The highest BCUT2D eigenvalue weighted by molar-refractivity contribution is 5.94. The molecule has 0 aliphatic carbocycles. The molecule has 1 N–H and O–H groups in total. The van der Waals surface area contributed by atoms with Gasteiger partial charge in [0.1, 0.15) is 5.75 Å². The molecule has 0 radical (unpaired) electrons. The molecule has 0 saturated carbocycles. The van der Waals surface area contributed by atoms with Crippen molar-refractivity contribution in [3.8, 4) is 5.75 Å². The number of azide groups is 1. The van der Waals surface area contributed by atoms with Crippen LogP contribution in [-0.4, -0.2) is 26.1 Å². The van der Waals surface area contributed by atoms with E-state index in [2.05, 4.69) is 15.3 Å². The Morgan fingerprint density at radius 2 is 2.41 bits per heavy atom. The fourth-order valence-electron chi connectivity index (χ4n) is 1.26. The van der Waals surface area contributed by atoms with Crippen molar-refractivity contribution < 1.29 is 9.53 Å². The van der Waals surface area contributed by atoms with Crippen LogP contribution in [0.1, 0.15) is 16.8 Å². The molecule has 0 heterocycles. The smallest absolute Gasteiger partial charge is 0.251 e. The minimum atomic E-state index is -0.162. The molecule has 0 aliphatic rings. The second-order valence-corrected chi connectivity index (χ2v) is 3.30. The van der Waals surface area contributed by atoms with E-state index in [0.29, 0.717) is 30.8 Å². The van der Waals surface area contributed by atoms with Crippen LogP contribution in [0.4, 0.5) is 0 Å². The van der Waals surface area contributed by atoms with Crippen molar-refractivity contribution in [2.24, 2.45) is 5.11 Å². The second kappa shape index (κ2) is 7.14. The summed E-state index contributed by atoms with van der Waals surface area (Å²) in [6.07, 6.45) is 0.625. The monoisotopic (exact) mass is 234 g/mol. The van der Waals surface area contributed by atoms with E-state index in [-0.39, 0.29) is 5.91 Å². The van der Waals surface area contributed by atoms with Gasteiger partial charge in [0.2, 0.25) is 0 Å². The number of hydrogen-bond acceptors (Lipinski definition) is 3. The van der Waals surface area contributed by atoms with E-state index >= 15 is 0 Å². The van der Waals surface area contributed by atoms with Gasteiger partial charge in [0, 0.05) is 23.6 Å². The summed E-state index contributed by atoms with van der Waals surface area (Å²) >= 11 is 0. The molecule has 0 saturated heterocycles. The molecule has 0 atom stereocenters. The lowest BCUT2D eigenvalue weighted by molar-refractivity contribution is 0.0953. The van der Waals surface area contributed by atoms with Crippen LogP contribution in [0.25, 0.3) is 10.4 Å². The van der Waals surface area contributed by atoms with Gasteiger partial charge >= 0.3 is 0 Å². The predicted octanol–water partition coefficient (Wildman–Crippen LogP) is 2.13. The highest BCUT2D eigenvalue weighted by Gasteiger charge is 2.05. The number of benzene rings is 1. The van der Waals surface area contributed by atoms with E-state index < -0.39 is 0 Å². The van der Waals surface area contributed by atoms with Gasteiger partial charge in [-0.3, -0.25) is 4.79 Å². The SMILES string of the molecule is COc1cccc(C(=O)NCCCN=[N+]=[N-])c1. The van der Waals surface area contributed by atoms with Crippen molar-refractivity contribution in [3.05, 3.63) is 40.3 Å². The summed E-state index contributed by atoms with van der Waals surface area (Å²) in [7, 11) is 1.55. The van der Waals surface area contributed by atoms with Crippen LogP contribution in [0, 0.1) is 0 Å². The molecule has 0 aliphatic heterocycles. The van der Waals surface area contributed by atoms with E-state index in [1.54, 1.807) is 31.4 Å². The molecule has 6 heteroatoms. The van der Waals surface area contributed by atoms with Crippen LogP contribution in [0.15, 0.2) is 29.4 Å². The molecule has 1 amide bonds. The minimum absolute atomic E-state index is 0.162. The Balaban J connectivity index is 2.43. The van der Waals surface area contributed by atoms with E-state index in [9.17, 15) is 4.79 Å². The average Bonchev–Trinajstić information content (AvgIpc) is 2.38. The Hall–Kier alpha value is -2.20. The molecule has 0 bridgehead atoms. The summed E-state index contributed by atoms with van der Waals surface area (Å²) in [6.45, 7) is 0.865. The van der Waals surface area contributed by atoms with Crippen LogP contribution in [-0.2, 0) is 0 Å². The number of carbonyl (C=O) groups is 1. The van der Waals surface area contributed by atoms with Gasteiger partial charge in [-0.2, -0.15) is 0 Å². The van der Waals surface area contributed by atoms with E-state index in [4.69, 9.17) is 10.3 Å². The largest absolute Gasteiger partial charge is 0.497 e. The lowest BCUT2D eigenvalue weighted by Crippen LogP contribution is -2.24. The lowest BCUT2D eigenvalue weighted by Gasteiger charge is -2.05. The Labute approximate surface area is 99.2 Å². The highest BCUT2D eigenvalue weighted by atomic mass is 16.5. The maximum atomic E-state index is 11.7. The molecule has 1 rings (SSSR count). The number of nitrogens with one attached hydrogen (secondary N) is 1. The van der Waals surface area contributed by atoms with Gasteiger partial charge < -0.3 is 10.1 Å². The fraction of sp³-hybridized carbons (Fsp3) is 0.364. The number of rotatable bonds is 6. The molecule has 0 fully saturated rings. The van der Waals surface area contributed by atoms with Crippen molar-refractivity contribution >= 4 is 5.91 Å². The van der Waals surface area contributed by atoms with E-state index in [1.165, 1.54) is 0 Å². The third kappa shape index (κ3) is 4.44. The minimum Gasteiger partial charge on any atom is -0.497 e. The molecule has 90 valence electrons. The first-order valence-electron chi connectivity index (χ1n) is 5.21. The number of amides is 1. The predicted molar refractivity (Wildman–Crippen MR) is 64.0 cm³/mol. The summed E-state index contributed by atoms with van der Waals surface area (Å²) in [5, 5.41) is 6.11. The first kappa shape index (κ1) is 12.9. The molecule has 17 heavy (non-hydrogen) atoms. The molecule has 0 spiro atoms. The summed E-state index contributed by atoms with van der Waals surface area (Å²) < 4.78 is 5.03. The average molecular weight is 234 g/mol. The van der Waals surface area contributed by atoms with Crippen LogP contribution in [0.5, 0.6) is 5.75 Å². The summed E-state index contributed by atoms with van der Waals surface area (Å²) in [5.41, 5.74) is 8.62. The zero-order valence-electron chi connectivity index (χ0n) is 9.59. The van der Waals surface area contributed by atoms with Crippen LogP contribution in [0.3, 0.4) is 0 Å². The molecular formula is C11H14N4O2. The molecule has 1 aromatic carbocycles. The Morgan fingerprint density at radius 3 is 3.12 bits per heavy atom. The van der Waals surface area contributed by atoms with E-state index in [0.717, 1.165) is 0 Å².